The lowest BCUT2D eigenvalue weighted by molar-refractivity contribution is -0.0515. The summed E-state index contributed by atoms with van der Waals surface area (Å²) in [6.45, 7) is 0. The zero-order valence-corrected chi connectivity index (χ0v) is 9.91. The van der Waals surface area contributed by atoms with Crippen molar-refractivity contribution in [2.24, 2.45) is 0 Å². The summed E-state index contributed by atoms with van der Waals surface area (Å²) < 4.78 is 60.2. The van der Waals surface area contributed by atoms with Crippen LogP contribution in [0.3, 0.4) is 0 Å². The lowest BCUT2D eigenvalue weighted by Gasteiger charge is -2.05. The zero-order valence-electron chi connectivity index (χ0n) is 9.09. The van der Waals surface area contributed by atoms with Crippen molar-refractivity contribution in [2.45, 2.75) is 18.3 Å². The van der Waals surface area contributed by atoms with Gasteiger partial charge >= 0.3 is 15.6 Å². The van der Waals surface area contributed by atoms with Gasteiger partial charge in [0.15, 0.2) is 0 Å². The third kappa shape index (κ3) is 4.36. The van der Waals surface area contributed by atoms with E-state index in [1.807, 2.05) is 0 Å². The topological polar surface area (TPSA) is 56.3 Å². The van der Waals surface area contributed by atoms with Gasteiger partial charge < -0.3 is 4.18 Å². The molecule has 18 heavy (non-hydrogen) atoms. The van der Waals surface area contributed by atoms with Gasteiger partial charge in [0, 0.05) is 11.9 Å². The first kappa shape index (κ1) is 14.5. The molecule has 1 rings (SSSR count). The summed E-state index contributed by atoms with van der Waals surface area (Å²) in [4.78, 5) is 3.99. The molecule has 100 valence electrons. The first-order valence-electron chi connectivity index (χ1n) is 4.87. The molecule has 0 aliphatic carbocycles. The SMILES string of the molecule is O=S(=O)(OC=CCCc1ccccn1)C(F)(F)F. The largest absolute Gasteiger partial charge is 0.534 e. The van der Waals surface area contributed by atoms with E-state index < -0.39 is 15.6 Å². The van der Waals surface area contributed by atoms with E-state index in [9.17, 15) is 21.6 Å². The van der Waals surface area contributed by atoms with Crippen LogP contribution in [0.5, 0.6) is 0 Å². The highest BCUT2D eigenvalue weighted by atomic mass is 32.2. The Morgan fingerprint density at radius 3 is 2.61 bits per heavy atom. The summed E-state index contributed by atoms with van der Waals surface area (Å²) >= 11 is 0. The van der Waals surface area contributed by atoms with Crippen molar-refractivity contribution in [2.75, 3.05) is 0 Å². The van der Waals surface area contributed by atoms with Crippen molar-refractivity contribution < 1.29 is 25.8 Å². The molecule has 0 N–H and O–H groups in total. The maximum absolute atomic E-state index is 11.9. The van der Waals surface area contributed by atoms with Gasteiger partial charge in [-0.25, -0.2) is 0 Å². The first-order valence-corrected chi connectivity index (χ1v) is 6.28. The van der Waals surface area contributed by atoms with E-state index in [0.717, 1.165) is 5.69 Å². The fourth-order valence-corrected chi connectivity index (χ4v) is 1.35. The Bertz CT molecular complexity index is 497. The summed E-state index contributed by atoms with van der Waals surface area (Å²) in [5.41, 5.74) is -4.65. The fourth-order valence-electron chi connectivity index (χ4n) is 1.01. The molecule has 0 saturated heterocycles. The lowest BCUT2D eigenvalue weighted by atomic mass is 10.2. The number of nitrogens with zero attached hydrogens (tertiary/aromatic N) is 1. The molecule has 1 aromatic rings. The minimum atomic E-state index is -5.55. The molecule has 0 radical (unpaired) electrons. The molecular weight excluding hydrogens is 271 g/mol. The molecule has 1 heterocycles. The molecular formula is C10H10F3NO3S. The predicted molar refractivity (Wildman–Crippen MR) is 57.8 cm³/mol. The van der Waals surface area contributed by atoms with Gasteiger partial charge in [-0.1, -0.05) is 6.07 Å². The van der Waals surface area contributed by atoms with Crippen LogP contribution in [0.1, 0.15) is 12.1 Å². The summed E-state index contributed by atoms with van der Waals surface area (Å²) in [5, 5.41) is 0. The number of alkyl halides is 3. The van der Waals surface area contributed by atoms with Gasteiger partial charge in [-0.15, -0.1) is 0 Å². The van der Waals surface area contributed by atoms with Crippen LogP contribution >= 0.6 is 0 Å². The molecule has 0 atom stereocenters. The van der Waals surface area contributed by atoms with E-state index in [1.54, 1.807) is 24.4 Å². The lowest BCUT2D eigenvalue weighted by Crippen LogP contribution is -2.23. The maximum Gasteiger partial charge on any atom is 0.534 e. The highest BCUT2D eigenvalue weighted by Gasteiger charge is 2.47. The van der Waals surface area contributed by atoms with E-state index in [4.69, 9.17) is 0 Å². The van der Waals surface area contributed by atoms with E-state index in [0.29, 0.717) is 19.1 Å². The standard InChI is InChI=1S/C10H10F3NO3S/c11-10(12,13)18(15,16)17-8-4-2-6-9-5-1-3-7-14-9/h1,3-5,7-8H,2,6H2. The molecule has 0 bridgehead atoms. The zero-order chi connectivity index (χ0) is 13.6. The molecule has 0 aromatic carbocycles. The van der Waals surface area contributed by atoms with E-state index in [2.05, 4.69) is 9.17 Å². The minimum absolute atomic E-state index is 0.324. The van der Waals surface area contributed by atoms with Gasteiger partial charge in [0.05, 0.1) is 0 Å². The third-order valence-electron chi connectivity index (χ3n) is 1.86. The number of hydrogen-bond donors (Lipinski definition) is 0. The Balaban J connectivity index is 2.40. The van der Waals surface area contributed by atoms with Crippen molar-refractivity contribution in [1.29, 1.82) is 0 Å². The molecule has 0 saturated carbocycles. The molecule has 1 aromatic heterocycles. The molecule has 8 heteroatoms. The Kier molecular flexibility index (Phi) is 4.71. The number of halogens is 3. The highest BCUT2D eigenvalue weighted by molar-refractivity contribution is 7.87. The van der Waals surface area contributed by atoms with Gasteiger partial charge in [-0.3, -0.25) is 4.98 Å². The van der Waals surface area contributed by atoms with Crippen molar-refractivity contribution in [3.05, 3.63) is 42.4 Å². The average Bonchev–Trinajstić information content (AvgIpc) is 2.28. The van der Waals surface area contributed by atoms with Gasteiger partial charge in [-0.05, 0) is 31.1 Å². The third-order valence-corrected chi connectivity index (χ3v) is 2.79. The number of aryl methyl sites for hydroxylation is 1. The van der Waals surface area contributed by atoms with E-state index >= 15 is 0 Å². The van der Waals surface area contributed by atoms with Crippen LogP contribution in [0.25, 0.3) is 0 Å². The summed E-state index contributed by atoms with van der Waals surface area (Å²) in [7, 11) is -5.55. The number of pyridine rings is 1. The first-order chi connectivity index (χ1) is 8.33. The van der Waals surface area contributed by atoms with Crippen LogP contribution in [0.4, 0.5) is 13.2 Å². The van der Waals surface area contributed by atoms with E-state index in [1.165, 1.54) is 6.08 Å². The Hall–Kier alpha value is -1.57. The number of allylic oxidation sites excluding steroid dienone is 1. The van der Waals surface area contributed by atoms with Crippen LogP contribution in [0, 0.1) is 0 Å². The smallest absolute Gasteiger partial charge is 0.384 e. The normalized spacial score (nSPS) is 12.8. The quantitative estimate of drug-likeness (QED) is 0.472. The number of hydrogen-bond acceptors (Lipinski definition) is 4. The second-order valence-corrected chi connectivity index (χ2v) is 4.79. The van der Waals surface area contributed by atoms with Crippen LogP contribution < -0.4 is 0 Å². The summed E-state index contributed by atoms with van der Waals surface area (Å²) in [5.74, 6) is 0. The van der Waals surface area contributed by atoms with Crippen molar-refractivity contribution in [1.82, 2.24) is 4.98 Å². The van der Waals surface area contributed by atoms with Crippen LogP contribution in [-0.4, -0.2) is 18.9 Å². The predicted octanol–water partition coefficient (Wildman–Crippen LogP) is 2.39. The molecule has 0 amide bonds. The molecule has 0 aliphatic heterocycles. The second kappa shape index (κ2) is 5.85. The molecule has 0 unspecified atom stereocenters. The van der Waals surface area contributed by atoms with Gasteiger partial charge in [0.2, 0.25) is 0 Å². The van der Waals surface area contributed by atoms with Crippen LogP contribution in [-0.2, 0) is 20.7 Å². The Labute approximate surface area is 102 Å². The second-order valence-electron chi connectivity index (χ2n) is 3.23. The Morgan fingerprint density at radius 1 is 1.33 bits per heavy atom. The molecule has 4 nitrogen and oxygen atoms in total. The van der Waals surface area contributed by atoms with Crippen molar-refractivity contribution in [3.63, 3.8) is 0 Å². The van der Waals surface area contributed by atoms with Crippen LogP contribution in [0.2, 0.25) is 0 Å². The molecule has 0 fully saturated rings. The summed E-state index contributed by atoms with van der Waals surface area (Å²) in [6, 6.07) is 5.26. The maximum atomic E-state index is 11.9. The van der Waals surface area contributed by atoms with E-state index in [-0.39, 0.29) is 0 Å². The highest BCUT2D eigenvalue weighted by Crippen LogP contribution is 2.24. The monoisotopic (exact) mass is 281 g/mol. The van der Waals surface area contributed by atoms with Crippen molar-refractivity contribution in [3.8, 4) is 0 Å². The molecule has 0 spiro atoms. The average molecular weight is 281 g/mol. The van der Waals surface area contributed by atoms with Gasteiger partial charge in [0.1, 0.15) is 6.26 Å². The number of rotatable bonds is 5. The minimum Gasteiger partial charge on any atom is -0.384 e. The van der Waals surface area contributed by atoms with Crippen LogP contribution in [0.15, 0.2) is 36.7 Å². The fraction of sp³-hybridized carbons (Fsp3) is 0.300. The van der Waals surface area contributed by atoms with Gasteiger partial charge in [0.25, 0.3) is 0 Å². The summed E-state index contributed by atoms with van der Waals surface area (Å²) in [6.07, 6.45) is 4.10. The van der Waals surface area contributed by atoms with Crippen molar-refractivity contribution >= 4 is 10.1 Å². The molecule has 0 aliphatic rings. The number of aromatic nitrogens is 1. The Morgan fingerprint density at radius 2 is 2.06 bits per heavy atom. The van der Waals surface area contributed by atoms with Gasteiger partial charge in [-0.2, -0.15) is 21.6 Å².